The maximum Gasteiger partial charge on any atom is 0.146 e. The number of nitrogens with one attached hydrogen (secondary N) is 1. The number of benzene rings is 1. The van der Waals surface area contributed by atoms with Gasteiger partial charge in [0, 0.05) is 32.7 Å². The molecular formula is C15H22FN3. The molecule has 3 nitrogen and oxygen atoms in total. The summed E-state index contributed by atoms with van der Waals surface area (Å²) in [5.74, 6) is -0.0907. The first-order valence-electron chi connectivity index (χ1n) is 7.29. The second-order valence-corrected chi connectivity index (χ2v) is 5.51. The third kappa shape index (κ3) is 3.07. The topological polar surface area (TPSA) is 18.5 Å². The summed E-state index contributed by atoms with van der Waals surface area (Å²) in [5, 5.41) is 3.30. The van der Waals surface area contributed by atoms with Crippen LogP contribution in [0.4, 0.5) is 10.1 Å². The Balaban J connectivity index is 1.74. The number of piperazine rings is 1. The van der Waals surface area contributed by atoms with Gasteiger partial charge in [-0.25, -0.2) is 4.39 Å². The summed E-state index contributed by atoms with van der Waals surface area (Å²) in [6.07, 6.45) is 2.59. The molecule has 1 aromatic carbocycles. The summed E-state index contributed by atoms with van der Waals surface area (Å²) in [6.45, 7) is 6.99. The van der Waals surface area contributed by atoms with E-state index in [1.807, 2.05) is 12.1 Å². The lowest BCUT2D eigenvalue weighted by atomic mass is 10.1. The van der Waals surface area contributed by atoms with Crippen LogP contribution in [0.3, 0.4) is 0 Å². The van der Waals surface area contributed by atoms with Gasteiger partial charge in [-0.1, -0.05) is 6.07 Å². The molecule has 2 aliphatic rings. The molecule has 104 valence electrons. The molecule has 3 rings (SSSR count). The highest BCUT2D eigenvalue weighted by Crippen LogP contribution is 2.23. The van der Waals surface area contributed by atoms with E-state index < -0.39 is 0 Å². The second kappa shape index (κ2) is 5.88. The molecule has 1 aromatic rings. The molecule has 2 fully saturated rings. The van der Waals surface area contributed by atoms with Crippen molar-refractivity contribution >= 4 is 5.69 Å². The van der Waals surface area contributed by atoms with Gasteiger partial charge in [0.15, 0.2) is 0 Å². The fourth-order valence-corrected chi connectivity index (χ4v) is 3.00. The van der Waals surface area contributed by atoms with E-state index in [9.17, 15) is 4.39 Å². The molecule has 2 heterocycles. The smallest absolute Gasteiger partial charge is 0.146 e. The fourth-order valence-electron chi connectivity index (χ4n) is 3.00. The van der Waals surface area contributed by atoms with Gasteiger partial charge in [0.05, 0.1) is 5.69 Å². The van der Waals surface area contributed by atoms with E-state index in [2.05, 4.69) is 15.1 Å². The van der Waals surface area contributed by atoms with E-state index in [4.69, 9.17) is 0 Å². The largest absolute Gasteiger partial charge is 0.367 e. The first-order chi connectivity index (χ1) is 9.33. The molecule has 1 N–H and O–H groups in total. The number of nitrogens with zero attached hydrogens (tertiary/aromatic N) is 2. The normalized spacial score (nSPS) is 21.0. The molecule has 0 aromatic heterocycles. The van der Waals surface area contributed by atoms with Gasteiger partial charge in [-0.15, -0.1) is 0 Å². The zero-order valence-electron chi connectivity index (χ0n) is 11.4. The first-order valence-corrected chi connectivity index (χ1v) is 7.29. The minimum absolute atomic E-state index is 0.0907. The van der Waals surface area contributed by atoms with Crippen molar-refractivity contribution in [3.63, 3.8) is 0 Å². The van der Waals surface area contributed by atoms with Gasteiger partial charge < -0.3 is 10.2 Å². The highest BCUT2D eigenvalue weighted by molar-refractivity contribution is 5.50. The SMILES string of the molecule is Fc1ccc(CN2CCCC2)cc1N1CCNCC1. The van der Waals surface area contributed by atoms with Crippen LogP contribution in [-0.2, 0) is 6.54 Å². The van der Waals surface area contributed by atoms with Crippen LogP contribution in [0.15, 0.2) is 18.2 Å². The molecule has 0 radical (unpaired) electrons. The predicted octanol–water partition coefficient (Wildman–Crippen LogP) is 1.83. The van der Waals surface area contributed by atoms with Gasteiger partial charge in [0.2, 0.25) is 0 Å². The zero-order chi connectivity index (χ0) is 13.1. The lowest BCUT2D eigenvalue weighted by molar-refractivity contribution is 0.331. The Morgan fingerprint density at radius 3 is 2.53 bits per heavy atom. The van der Waals surface area contributed by atoms with Gasteiger partial charge in [-0.05, 0) is 43.6 Å². The Morgan fingerprint density at radius 1 is 1.05 bits per heavy atom. The Morgan fingerprint density at radius 2 is 1.79 bits per heavy atom. The van der Waals surface area contributed by atoms with E-state index in [1.54, 1.807) is 6.07 Å². The van der Waals surface area contributed by atoms with Crippen LogP contribution >= 0.6 is 0 Å². The number of hydrogen-bond acceptors (Lipinski definition) is 3. The third-order valence-electron chi connectivity index (χ3n) is 4.07. The molecule has 0 unspecified atom stereocenters. The lowest BCUT2D eigenvalue weighted by Gasteiger charge is -2.30. The van der Waals surface area contributed by atoms with Crippen LogP contribution in [0.2, 0.25) is 0 Å². The minimum atomic E-state index is -0.0907. The van der Waals surface area contributed by atoms with Crippen molar-refractivity contribution in [2.24, 2.45) is 0 Å². The number of anilines is 1. The molecule has 0 atom stereocenters. The zero-order valence-corrected chi connectivity index (χ0v) is 11.4. The summed E-state index contributed by atoms with van der Waals surface area (Å²) in [7, 11) is 0. The van der Waals surface area contributed by atoms with Crippen LogP contribution in [-0.4, -0.2) is 44.2 Å². The summed E-state index contributed by atoms with van der Waals surface area (Å²) in [5.41, 5.74) is 2.01. The summed E-state index contributed by atoms with van der Waals surface area (Å²) < 4.78 is 14.0. The summed E-state index contributed by atoms with van der Waals surface area (Å²) in [6, 6.07) is 5.60. The van der Waals surface area contributed by atoms with Crippen molar-refractivity contribution in [2.75, 3.05) is 44.2 Å². The molecule has 0 spiro atoms. The van der Waals surface area contributed by atoms with Crippen LogP contribution in [0.5, 0.6) is 0 Å². The molecule has 0 amide bonds. The summed E-state index contributed by atoms with van der Waals surface area (Å²) >= 11 is 0. The van der Waals surface area contributed by atoms with E-state index in [0.29, 0.717) is 0 Å². The average Bonchev–Trinajstić information content (AvgIpc) is 2.95. The third-order valence-corrected chi connectivity index (χ3v) is 4.07. The van der Waals surface area contributed by atoms with Gasteiger partial charge in [0.25, 0.3) is 0 Å². The predicted molar refractivity (Wildman–Crippen MR) is 76.0 cm³/mol. The molecular weight excluding hydrogens is 241 g/mol. The highest BCUT2D eigenvalue weighted by Gasteiger charge is 2.17. The van der Waals surface area contributed by atoms with E-state index >= 15 is 0 Å². The highest BCUT2D eigenvalue weighted by atomic mass is 19.1. The van der Waals surface area contributed by atoms with Crippen molar-refractivity contribution in [1.29, 1.82) is 0 Å². The Kier molecular flexibility index (Phi) is 3.99. The van der Waals surface area contributed by atoms with Gasteiger partial charge >= 0.3 is 0 Å². The van der Waals surface area contributed by atoms with E-state index in [0.717, 1.165) is 38.4 Å². The van der Waals surface area contributed by atoms with Crippen molar-refractivity contribution in [3.8, 4) is 0 Å². The average molecular weight is 263 g/mol. The van der Waals surface area contributed by atoms with Gasteiger partial charge in [-0.3, -0.25) is 4.90 Å². The van der Waals surface area contributed by atoms with E-state index in [1.165, 1.54) is 31.5 Å². The van der Waals surface area contributed by atoms with Crippen LogP contribution in [0.1, 0.15) is 18.4 Å². The van der Waals surface area contributed by atoms with Gasteiger partial charge in [-0.2, -0.15) is 0 Å². The maximum absolute atomic E-state index is 14.0. The van der Waals surface area contributed by atoms with Crippen molar-refractivity contribution in [1.82, 2.24) is 10.2 Å². The molecule has 2 saturated heterocycles. The van der Waals surface area contributed by atoms with Crippen molar-refractivity contribution in [3.05, 3.63) is 29.6 Å². The standard InChI is InChI=1S/C15H22FN3/c16-14-4-3-13(12-18-7-1-2-8-18)11-15(14)19-9-5-17-6-10-19/h3-4,11,17H,1-2,5-10,12H2. The Bertz CT molecular complexity index is 423. The molecule has 0 saturated carbocycles. The quantitative estimate of drug-likeness (QED) is 0.897. The number of halogens is 1. The maximum atomic E-state index is 14.0. The first kappa shape index (κ1) is 12.9. The Labute approximate surface area is 114 Å². The van der Waals surface area contributed by atoms with Crippen molar-refractivity contribution in [2.45, 2.75) is 19.4 Å². The number of rotatable bonds is 3. The Hall–Kier alpha value is -1.13. The molecule has 0 bridgehead atoms. The van der Waals surface area contributed by atoms with E-state index in [-0.39, 0.29) is 5.82 Å². The number of hydrogen-bond donors (Lipinski definition) is 1. The molecule has 4 heteroatoms. The fraction of sp³-hybridized carbons (Fsp3) is 0.600. The van der Waals surface area contributed by atoms with Crippen LogP contribution < -0.4 is 10.2 Å². The molecule has 0 aliphatic carbocycles. The van der Waals surface area contributed by atoms with Crippen molar-refractivity contribution < 1.29 is 4.39 Å². The summed E-state index contributed by atoms with van der Waals surface area (Å²) in [4.78, 5) is 4.61. The number of likely N-dealkylation sites (tertiary alicyclic amines) is 1. The van der Waals surface area contributed by atoms with Crippen LogP contribution in [0.25, 0.3) is 0 Å². The van der Waals surface area contributed by atoms with Gasteiger partial charge in [0.1, 0.15) is 5.82 Å². The van der Waals surface area contributed by atoms with Crippen LogP contribution in [0, 0.1) is 5.82 Å². The lowest BCUT2D eigenvalue weighted by Crippen LogP contribution is -2.43. The molecule has 19 heavy (non-hydrogen) atoms. The minimum Gasteiger partial charge on any atom is -0.367 e. The monoisotopic (exact) mass is 263 g/mol. The second-order valence-electron chi connectivity index (χ2n) is 5.51. The molecule has 2 aliphatic heterocycles.